The van der Waals surface area contributed by atoms with Gasteiger partial charge in [-0.1, -0.05) is 116 Å². The lowest BCUT2D eigenvalue weighted by molar-refractivity contribution is 1.06. The first-order chi connectivity index (χ1) is 31.3. The van der Waals surface area contributed by atoms with Gasteiger partial charge in [0.1, 0.15) is 15.7 Å². The van der Waals surface area contributed by atoms with Crippen LogP contribution in [-0.2, 0) is 0 Å². The van der Waals surface area contributed by atoms with E-state index in [-0.39, 0.29) is 0 Å². The van der Waals surface area contributed by atoms with E-state index >= 15 is 0 Å². The molecule has 64 heavy (non-hydrogen) atoms. The van der Waals surface area contributed by atoms with Gasteiger partial charge in [-0.15, -0.1) is 37.9 Å². The molecule has 0 amide bonds. The molecule has 0 saturated carbocycles. The summed E-state index contributed by atoms with van der Waals surface area (Å²) in [4.78, 5) is 1.70. The Bertz CT molecular complexity index is 3740. The minimum atomic E-state index is 0.375. The van der Waals surface area contributed by atoms with Gasteiger partial charge in [0.15, 0.2) is 0 Å². The van der Waals surface area contributed by atoms with E-state index in [9.17, 15) is 0 Å². The Balaban J connectivity index is 0.00000239. The predicted molar refractivity (Wildman–Crippen MR) is 286 cm³/mol. The number of hydrogen-bond donors (Lipinski definition) is 3. The second-order valence-corrected chi connectivity index (χ2v) is 17.1. The maximum Gasteiger partial charge on any atom is 0.116 e. The lowest BCUT2D eigenvalue weighted by Gasteiger charge is -2.20. The third-order valence-corrected chi connectivity index (χ3v) is 14.1. The van der Waals surface area contributed by atoms with Gasteiger partial charge in [-0.25, -0.2) is 0 Å². The number of nitrogens with zero attached hydrogens (tertiary/aromatic N) is 3. The third kappa shape index (κ3) is 6.49. The van der Waals surface area contributed by atoms with E-state index in [1.165, 1.54) is 32.2 Å². The summed E-state index contributed by atoms with van der Waals surface area (Å²) in [6, 6.07) is 56.7. The van der Waals surface area contributed by atoms with Gasteiger partial charge in [-0.2, -0.15) is 0 Å². The Labute approximate surface area is 392 Å². The molecule has 0 fully saturated rings. The number of benzene rings is 8. The molecule has 3 heterocycles. The molecular formula is C56H43B2N3S3. The monoisotopic (exact) mass is 875 g/mol. The Hall–Kier alpha value is -6.18. The van der Waals surface area contributed by atoms with Crippen molar-refractivity contribution in [1.82, 2.24) is 13.7 Å². The first-order valence-electron chi connectivity index (χ1n) is 21.6. The van der Waals surface area contributed by atoms with Crippen molar-refractivity contribution in [3.63, 3.8) is 0 Å². The minimum Gasteiger partial charge on any atom is -0.310 e. The highest BCUT2D eigenvalue weighted by Gasteiger charge is 2.22. The molecule has 0 unspecified atom stereocenters. The zero-order chi connectivity index (χ0) is 44.4. The zero-order valence-electron chi connectivity index (χ0n) is 36.0. The molecule has 0 atom stereocenters. The van der Waals surface area contributed by atoms with Crippen LogP contribution in [0.5, 0.6) is 0 Å². The lowest BCUT2D eigenvalue weighted by atomic mass is 9.79. The maximum absolute atomic E-state index is 6.87. The summed E-state index contributed by atoms with van der Waals surface area (Å²) in [5, 5.41) is 8.16. The van der Waals surface area contributed by atoms with E-state index in [0.717, 1.165) is 66.5 Å². The molecule has 4 radical (unpaired) electrons. The first-order valence-corrected chi connectivity index (χ1v) is 22.9. The second-order valence-electron chi connectivity index (χ2n) is 15.7. The molecule has 0 aliphatic carbocycles. The summed E-state index contributed by atoms with van der Waals surface area (Å²) in [7, 11) is 13.5. The molecule has 8 aromatic carbocycles. The van der Waals surface area contributed by atoms with E-state index in [0.29, 0.717) is 31.3 Å². The van der Waals surface area contributed by atoms with Crippen LogP contribution in [0.25, 0.3) is 106 Å². The summed E-state index contributed by atoms with van der Waals surface area (Å²) in [5.74, 6) is 0. The molecule has 8 heteroatoms. The van der Waals surface area contributed by atoms with Crippen LogP contribution >= 0.6 is 37.9 Å². The van der Waals surface area contributed by atoms with Gasteiger partial charge >= 0.3 is 0 Å². The number of para-hydroxylation sites is 3. The summed E-state index contributed by atoms with van der Waals surface area (Å²) in [6.45, 7) is 8.23. The molecule has 0 N–H and O–H groups in total. The van der Waals surface area contributed by atoms with Crippen molar-refractivity contribution in [1.29, 1.82) is 0 Å². The molecule has 0 spiro atoms. The van der Waals surface area contributed by atoms with Crippen LogP contribution in [0.4, 0.5) is 0 Å². The summed E-state index contributed by atoms with van der Waals surface area (Å²) < 4.78 is 6.87. The van der Waals surface area contributed by atoms with E-state index in [4.69, 9.17) is 41.0 Å². The van der Waals surface area contributed by atoms with E-state index in [1.807, 2.05) is 13.8 Å². The number of hydrogen-bond acceptors (Lipinski definition) is 3. The molecular weight excluding hydrogens is 832 g/mol. The van der Waals surface area contributed by atoms with Crippen molar-refractivity contribution >= 4 is 131 Å². The molecule has 0 saturated heterocycles. The van der Waals surface area contributed by atoms with Crippen LogP contribution in [0, 0.1) is 0 Å². The van der Waals surface area contributed by atoms with Crippen molar-refractivity contribution in [2.24, 2.45) is 0 Å². The Kier molecular flexibility index (Phi) is 10.9. The summed E-state index contributed by atoms with van der Waals surface area (Å²) in [6.07, 6.45) is 4.41. The van der Waals surface area contributed by atoms with E-state index < -0.39 is 0 Å². The highest BCUT2D eigenvalue weighted by atomic mass is 32.1. The van der Waals surface area contributed by atoms with Crippen LogP contribution in [0.1, 0.15) is 27.7 Å². The smallest absolute Gasteiger partial charge is 0.116 e. The Morgan fingerprint density at radius 1 is 0.391 bits per heavy atom. The number of thiol groups is 3. The quantitative estimate of drug-likeness (QED) is 0.113. The van der Waals surface area contributed by atoms with Crippen molar-refractivity contribution in [2.75, 3.05) is 0 Å². The molecule has 11 rings (SSSR count). The summed E-state index contributed by atoms with van der Waals surface area (Å²) >= 11 is 14.4. The lowest BCUT2D eigenvalue weighted by Crippen LogP contribution is -2.32. The van der Waals surface area contributed by atoms with E-state index in [1.54, 1.807) is 0 Å². The van der Waals surface area contributed by atoms with Gasteiger partial charge in [0.25, 0.3) is 0 Å². The number of fused-ring (bicyclic) bond motifs is 7. The summed E-state index contributed by atoms with van der Waals surface area (Å²) in [5.41, 5.74) is 13.7. The third-order valence-electron chi connectivity index (χ3n) is 12.4. The van der Waals surface area contributed by atoms with E-state index in [2.05, 4.69) is 210 Å². The van der Waals surface area contributed by atoms with Crippen molar-refractivity contribution in [3.8, 4) is 39.3 Å². The van der Waals surface area contributed by atoms with Gasteiger partial charge in [0.05, 0.1) is 33.3 Å². The van der Waals surface area contributed by atoms with Gasteiger partial charge in [0.2, 0.25) is 0 Å². The molecule has 3 nitrogen and oxygen atoms in total. The zero-order valence-corrected chi connectivity index (χ0v) is 38.7. The largest absolute Gasteiger partial charge is 0.310 e. The maximum atomic E-state index is 6.87. The van der Waals surface area contributed by atoms with Crippen LogP contribution in [-0.4, -0.2) is 29.4 Å². The number of aromatic nitrogens is 3. The van der Waals surface area contributed by atoms with Gasteiger partial charge in [0, 0.05) is 63.6 Å². The van der Waals surface area contributed by atoms with Gasteiger partial charge in [-0.05, 0) is 115 Å². The average Bonchev–Trinajstić information content (AvgIpc) is 3.98. The van der Waals surface area contributed by atoms with Crippen LogP contribution in [0.2, 0.25) is 0 Å². The fourth-order valence-corrected chi connectivity index (χ4v) is 10.4. The highest BCUT2D eigenvalue weighted by Crippen LogP contribution is 2.41. The Morgan fingerprint density at radius 3 is 1.33 bits per heavy atom. The predicted octanol–water partition coefficient (Wildman–Crippen LogP) is 12.2. The molecule has 0 aliphatic heterocycles. The molecule has 0 aliphatic rings. The number of rotatable bonds is 5. The fourth-order valence-electron chi connectivity index (χ4n) is 9.55. The van der Waals surface area contributed by atoms with Crippen LogP contribution in [0.3, 0.4) is 0 Å². The fraction of sp³-hybridized carbons (Fsp3) is 0.0714. The van der Waals surface area contributed by atoms with Crippen LogP contribution < -0.4 is 21.5 Å². The van der Waals surface area contributed by atoms with Gasteiger partial charge in [-0.3, -0.25) is 0 Å². The SMILES string of the molecule is CC.[B]c1c([B])c(-n2c3ccc(-c4ccc5c(c4)c(=C/C)/c(=C\C)n5-c4ccccc4)cc3c3cc(-c4ccc5c(c4)c4ccccc4n5-c4ccccc4)ccc32)c(S)c(S)c1S. The normalized spacial score (nSPS) is 12.3. The average molecular weight is 876 g/mol. The molecule has 3 aromatic heterocycles. The topological polar surface area (TPSA) is 14.8 Å². The van der Waals surface area contributed by atoms with Gasteiger partial charge < -0.3 is 13.7 Å². The molecule has 306 valence electrons. The van der Waals surface area contributed by atoms with Crippen molar-refractivity contribution < 1.29 is 0 Å². The highest BCUT2D eigenvalue weighted by molar-refractivity contribution is 7.85. The van der Waals surface area contributed by atoms with Crippen LogP contribution in [0.15, 0.2) is 172 Å². The van der Waals surface area contributed by atoms with Crippen molar-refractivity contribution in [2.45, 2.75) is 42.4 Å². The minimum absolute atomic E-state index is 0.375. The Morgan fingerprint density at radius 2 is 0.812 bits per heavy atom. The first kappa shape index (κ1) is 41.8. The molecule has 0 bridgehead atoms. The van der Waals surface area contributed by atoms with Crippen molar-refractivity contribution in [3.05, 3.63) is 168 Å². The second kappa shape index (κ2) is 16.7. The molecule has 11 aromatic rings. The standard InChI is InChI=1S/C54H37B2N3S3.C2H6/c1-3-37-39-27-31(19-23-45(39)57(43(37)4-2)35-13-7-5-8-14-35)33-21-25-47-41(29-33)42-30-34(22-26-48(42)59(47)51-49(55)50(56)52(60)54(62)53(51)61)32-20-24-46-40(28-32)38-17-11-12-18-44(38)58(46)36-15-9-6-10-16-36;1-2/h3-30,60-62H,1-2H3;1-2H3/b37-3-,43-4+;.